The van der Waals surface area contributed by atoms with E-state index in [0.717, 1.165) is 6.42 Å². The van der Waals surface area contributed by atoms with Crippen molar-refractivity contribution in [3.8, 4) is 0 Å². The number of nitrogens with zero attached hydrogens (tertiary/aromatic N) is 3. The van der Waals surface area contributed by atoms with Gasteiger partial charge in [0.15, 0.2) is 11.9 Å². The first-order chi connectivity index (χ1) is 14.5. The van der Waals surface area contributed by atoms with Gasteiger partial charge in [0.1, 0.15) is 17.2 Å². The average molecular weight is 410 g/mol. The number of hydrogen-bond acceptors (Lipinski definition) is 8. The van der Waals surface area contributed by atoms with Crippen molar-refractivity contribution in [1.29, 1.82) is 0 Å². The second-order valence-corrected chi connectivity index (χ2v) is 6.61. The summed E-state index contributed by atoms with van der Waals surface area (Å²) in [5.74, 6) is 0.482. The molecular weight excluding hydrogens is 391 g/mol. The Hall–Kier alpha value is -3.95. The van der Waals surface area contributed by atoms with Crippen LogP contribution >= 0.6 is 0 Å². The third kappa shape index (κ3) is 4.07. The molecule has 0 aliphatic carbocycles. The van der Waals surface area contributed by atoms with E-state index in [0.29, 0.717) is 34.7 Å². The lowest BCUT2D eigenvalue weighted by Crippen LogP contribution is -2.40. The van der Waals surface area contributed by atoms with Gasteiger partial charge in [-0.3, -0.25) is 10.1 Å². The Balaban J connectivity index is 1.62. The van der Waals surface area contributed by atoms with Crippen LogP contribution in [0.15, 0.2) is 58.1 Å². The van der Waals surface area contributed by atoms with Crippen LogP contribution in [-0.4, -0.2) is 28.6 Å². The molecule has 1 aliphatic heterocycles. The van der Waals surface area contributed by atoms with Gasteiger partial charge in [-0.2, -0.15) is 0 Å². The highest BCUT2D eigenvalue weighted by Gasteiger charge is 2.23. The Labute approximate surface area is 170 Å². The number of nitrogens with one attached hydrogen (secondary N) is 3. The molecule has 0 fully saturated rings. The zero-order valence-electron chi connectivity index (χ0n) is 16.1. The number of non-ortho nitro benzene ring substituents is 1. The van der Waals surface area contributed by atoms with E-state index in [1.807, 2.05) is 6.92 Å². The van der Waals surface area contributed by atoms with Crippen LogP contribution in [0.2, 0.25) is 0 Å². The van der Waals surface area contributed by atoms with Gasteiger partial charge in [0.05, 0.1) is 16.6 Å². The number of oxazole rings is 1. The molecule has 30 heavy (non-hydrogen) atoms. The summed E-state index contributed by atoms with van der Waals surface area (Å²) in [6, 6.07) is 10.4. The molecule has 10 heteroatoms. The molecule has 0 bridgehead atoms. The first-order valence-corrected chi connectivity index (χ1v) is 9.39. The maximum absolute atomic E-state index is 13.4. The first kappa shape index (κ1) is 19.4. The van der Waals surface area contributed by atoms with Crippen LogP contribution in [0.25, 0.3) is 16.7 Å². The molecule has 0 spiro atoms. The smallest absolute Gasteiger partial charge is 0.273 e. The van der Waals surface area contributed by atoms with E-state index in [-0.39, 0.29) is 17.4 Å². The number of aromatic nitrogens is 1. The Kier molecular flexibility index (Phi) is 5.29. The minimum Gasteiger partial charge on any atom is -0.436 e. The summed E-state index contributed by atoms with van der Waals surface area (Å²) in [7, 11) is 0. The Morgan fingerprint density at radius 3 is 2.93 bits per heavy atom. The van der Waals surface area contributed by atoms with Crippen molar-refractivity contribution < 1.29 is 13.7 Å². The SMILES string of the molecule is CCCNC1=NC(Nc2cccc(F)c2)NC=C1c1nc2ccc([N+](=O)[O-])cc2o1. The largest absolute Gasteiger partial charge is 0.436 e. The second-order valence-electron chi connectivity index (χ2n) is 6.61. The number of halogens is 1. The monoisotopic (exact) mass is 410 g/mol. The van der Waals surface area contributed by atoms with E-state index in [4.69, 9.17) is 4.42 Å². The predicted octanol–water partition coefficient (Wildman–Crippen LogP) is 3.61. The molecule has 1 unspecified atom stereocenters. The maximum Gasteiger partial charge on any atom is 0.273 e. The van der Waals surface area contributed by atoms with Gasteiger partial charge in [0.2, 0.25) is 5.89 Å². The molecule has 154 valence electrons. The van der Waals surface area contributed by atoms with Crippen molar-refractivity contribution in [1.82, 2.24) is 15.6 Å². The summed E-state index contributed by atoms with van der Waals surface area (Å²) in [4.78, 5) is 19.5. The van der Waals surface area contributed by atoms with Crippen LogP contribution in [-0.2, 0) is 0 Å². The van der Waals surface area contributed by atoms with Gasteiger partial charge in [-0.1, -0.05) is 13.0 Å². The minimum absolute atomic E-state index is 0.0710. The number of hydrogen-bond donors (Lipinski definition) is 3. The fourth-order valence-corrected chi connectivity index (χ4v) is 2.97. The number of fused-ring (bicyclic) bond motifs is 1. The number of rotatable bonds is 6. The summed E-state index contributed by atoms with van der Waals surface area (Å²) < 4.78 is 19.2. The highest BCUT2D eigenvalue weighted by Crippen LogP contribution is 2.26. The van der Waals surface area contributed by atoms with Crippen LogP contribution in [0.4, 0.5) is 15.8 Å². The van der Waals surface area contributed by atoms with Crippen molar-refractivity contribution in [3.05, 3.63) is 70.5 Å². The number of amidine groups is 1. The highest BCUT2D eigenvalue weighted by atomic mass is 19.1. The standard InChI is InChI=1S/C20H19FN6O3/c1-2-8-22-18-15(11-23-20(26-18)24-13-5-3-4-12(21)9-13)19-25-16-7-6-14(27(28)29)10-17(16)30-19/h3-7,9-11,20,23-24H,2,8H2,1H3,(H,22,26). The van der Waals surface area contributed by atoms with Crippen LogP contribution in [0.5, 0.6) is 0 Å². The fourth-order valence-electron chi connectivity index (χ4n) is 2.97. The lowest BCUT2D eigenvalue weighted by molar-refractivity contribution is -0.384. The Bertz CT molecular complexity index is 1160. The van der Waals surface area contributed by atoms with Crippen molar-refractivity contribution in [2.45, 2.75) is 19.6 Å². The van der Waals surface area contributed by atoms with Crippen LogP contribution in [0, 0.1) is 15.9 Å². The number of benzene rings is 2. The van der Waals surface area contributed by atoms with Crippen molar-refractivity contribution in [2.75, 3.05) is 11.9 Å². The predicted molar refractivity (Wildman–Crippen MR) is 111 cm³/mol. The second kappa shape index (κ2) is 8.19. The van der Waals surface area contributed by atoms with Gasteiger partial charge in [-0.15, -0.1) is 0 Å². The van der Waals surface area contributed by atoms with Crippen LogP contribution < -0.4 is 16.0 Å². The van der Waals surface area contributed by atoms with E-state index in [9.17, 15) is 14.5 Å². The summed E-state index contributed by atoms with van der Waals surface area (Å²) in [6.07, 6.45) is 2.04. The molecule has 0 radical (unpaired) electrons. The van der Waals surface area contributed by atoms with Crippen LogP contribution in [0.3, 0.4) is 0 Å². The zero-order valence-corrected chi connectivity index (χ0v) is 16.1. The molecule has 3 aromatic rings. The number of anilines is 1. The molecule has 4 rings (SSSR count). The molecule has 0 amide bonds. The first-order valence-electron chi connectivity index (χ1n) is 9.39. The quantitative estimate of drug-likeness (QED) is 0.420. The minimum atomic E-state index is -0.527. The van der Waals surface area contributed by atoms with Gasteiger partial charge < -0.3 is 20.4 Å². The van der Waals surface area contributed by atoms with Crippen molar-refractivity contribution >= 4 is 33.9 Å². The molecular formula is C20H19FN6O3. The third-order valence-corrected chi connectivity index (χ3v) is 4.38. The van der Waals surface area contributed by atoms with Crippen LogP contribution in [0.1, 0.15) is 19.2 Å². The summed E-state index contributed by atoms with van der Waals surface area (Å²) >= 11 is 0. The molecule has 1 atom stereocenters. The lowest BCUT2D eigenvalue weighted by atomic mass is 10.2. The average Bonchev–Trinajstić information content (AvgIpc) is 3.15. The Morgan fingerprint density at radius 1 is 1.30 bits per heavy atom. The van der Waals surface area contributed by atoms with Crippen molar-refractivity contribution in [2.24, 2.45) is 4.99 Å². The molecule has 1 aliphatic rings. The molecule has 3 N–H and O–H groups in total. The fraction of sp³-hybridized carbons (Fsp3) is 0.200. The van der Waals surface area contributed by atoms with E-state index >= 15 is 0 Å². The summed E-state index contributed by atoms with van der Waals surface area (Å²) in [6.45, 7) is 2.70. The molecule has 0 saturated heterocycles. The topological polar surface area (TPSA) is 118 Å². The molecule has 2 heterocycles. The normalized spacial score (nSPS) is 15.9. The third-order valence-electron chi connectivity index (χ3n) is 4.38. The van der Waals surface area contributed by atoms with Gasteiger partial charge >= 0.3 is 0 Å². The summed E-state index contributed by atoms with van der Waals surface area (Å²) in [5.41, 5.74) is 1.91. The number of nitro benzene ring substituents is 1. The number of aliphatic imine (C=N–C) groups is 1. The van der Waals surface area contributed by atoms with E-state index < -0.39 is 11.2 Å². The van der Waals surface area contributed by atoms with E-state index in [2.05, 4.69) is 25.9 Å². The zero-order chi connectivity index (χ0) is 21.1. The Morgan fingerprint density at radius 2 is 2.17 bits per heavy atom. The number of nitro groups is 1. The molecule has 1 aromatic heterocycles. The molecule has 2 aromatic carbocycles. The molecule has 0 saturated carbocycles. The lowest BCUT2D eigenvalue weighted by Gasteiger charge is -2.23. The van der Waals surface area contributed by atoms with E-state index in [1.54, 1.807) is 24.4 Å². The van der Waals surface area contributed by atoms with Gasteiger partial charge in [-0.05, 0) is 30.7 Å². The highest BCUT2D eigenvalue weighted by molar-refractivity contribution is 6.22. The van der Waals surface area contributed by atoms with Gasteiger partial charge in [0.25, 0.3) is 5.69 Å². The molecule has 9 nitrogen and oxygen atoms in total. The van der Waals surface area contributed by atoms with Gasteiger partial charge in [0, 0.05) is 24.5 Å². The maximum atomic E-state index is 13.4. The summed E-state index contributed by atoms with van der Waals surface area (Å²) in [5, 5.41) is 20.4. The van der Waals surface area contributed by atoms with Gasteiger partial charge in [-0.25, -0.2) is 14.4 Å². The van der Waals surface area contributed by atoms with Crippen molar-refractivity contribution in [3.63, 3.8) is 0 Å². The van der Waals surface area contributed by atoms with E-state index in [1.165, 1.54) is 24.3 Å².